The zero-order valence-corrected chi connectivity index (χ0v) is 12.2. The highest BCUT2D eigenvalue weighted by Gasteiger charge is 2.56. The van der Waals surface area contributed by atoms with E-state index >= 15 is 0 Å². The molecular weight excluding hydrogens is 278 g/mol. The Morgan fingerprint density at radius 3 is 2.40 bits per heavy atom. The summed E-state index contributed by atoms with van der Waals surface area (Å²) in [7, 11) is 0. The molecule has 4 fully saturated rings. The van der Waals surface area contributed by atoms with Crippen LogP contribution in [0, 0.1) is 17.3 Å². The van der Waals surface area contributed by atoms with E-state index in [1.165, 1.54) is 6.42 Å². The van der Waals surface area contributed by atoms with Crippen molar-refractivity contribution in [3.8, 4) is 0 Å². The van der Waals surface area contributed by atoms with Crippen molar-refractivity contribution in [2.75, 3.05) is 6.54 Å². The minimum Gasteiger partial charge on any atom is -0.478 e. The zero-order valence-electron chi connectivity index (χ0n) is 11.4. The first-order chi connectivity index (χ1) is 9.38. The number of carboxylic acids is 1. The van der Waals surface area contributed by atoms with Crippen LogP contribution in [-0.4, -0.2) is 28.4 Å². The number of nitrogens with one attached hydrogen (secondary N) is 1. The van der Waals surface area contributed by atoms with Crippen molar-refractivity contribution in [2.45, 2.75) is 43.4 Å². The summed E-state index contributed by atoms with van der Waals surface area (Å²) in [5, 5.41) is 11.4. The number of aliphatic carboxylic acids is 1. The van der Waals surface area contributed by atoms with Crippen LogP contribution in [0.4, 0.5) is 0 Å². The molecule has 4 bridgehead atoms. The first-order valence-electron chi connectivity index (χ1n) is 7.26. The number of carbonyl (C=O) groups excluding carboxylic acids is 1. The first-order valence-corrected chi connectivity index (χ1v) is 7.64. The van der Waals surface area contributed by atoms with Gasteiger partial charge in [-0.1, -0.05) is 0 Å². The highest BCUT2D eigenvalue weighted by atomic mass is 35.5. The van der Waals surface area contributed by atoms with Gasteiger partial charge in [-0.3, -0.25) is 4.79 Å². The van der Waals surface area contributed by atoms with Crippen molar-refractivity contribution < 1.29 is 14.7 Å². The highest BCUT2D eigenvalue weighted by molar-refractivity contribution is 6.24. The van der Waals surface area contributed by atoms with Gasteiger partial charge >= 0.3 is 5.97 Å². The minimum atomic E-state index is -1.10. The number of rotatable bonds is 4. The highest BCUT2D eigenvalue weighted by Crippen LogP contribution is 2.63. The maximum atomic E-state index is 11.6. The average molecular weight is 298 g/mol. The zero-order chi connectivity index (χ0) is 14.4. The molecule has 0 aromatic rings. The van der Waals surface area contributed by atoms with Crippen LogP contribution in [0.5, 0.6) is 0 Å². The Morgan fingerprint density at radius 2 is 1.85 bits per heavy atom. The van der Waals surface area contributed by atoms with Gasteiger partial charge in [-0.2, -0.15) is 0 Å². The molecule has 0 spiro atoms. The molecule has 5 heteroatoms. The van der Waals surface area contributed by atoms with Gasteiger partial charge in [0.05, 0.1) is 0 Å². The number of alkyl halides is 1. The third-order valence-corrected chi connectivity index (χ3v) is 5.57. The number of carboxylic acid groups (broad SMARTS) is 1. The predicted octanol–water partition coefficient (Wildman–Crippen LogP) is 2.32. The van der Waals surface area contributed by atoms with Gasteiger partial charge in [0, 0.05) is 23.6 Å². The lowest BCUT2D eigenvalue weighted by atomic mass is 9.49. The molecule has 0 aromatic carbocycles. The molecule has 4 saturated carbocycles. The molecule has 0 heterocycles. The van der Waals surface area contributed by atoms with Crippen LogP contribution in [0.2, 0.25) is 0 Å². The van der Waals surface area contributed by atoms with Crippen molar-refractivity contribution in [3.05, 3.63) is 12.2 Å². The van der Waals surface area contributed by atoms with E-state index in [1.54, 1.807) is 0 Å². The average Bonchev–Trinajstić information content (AvgIpc) is 2.31. The largest absolute Gasteiger partial charge is 0.478 e. The van der Waals surface area contributed by atoms with Gasteiger partial charge in [-0.05, 0) is 55.8 Å². The lowest BCUT2D eigenvalue weighted by molar-refractivity contribution is -0.131. The van der Waals surface area contributed by atoms with Crippen LogP contribution in [-0.2, 0) is 9.59 Å². The fourth-order valence-electron chi connectivity index (χ4n) is 5.02. The smallest absolute Gasteiger partial charge is 0.328 e. The molecule has 0 radical (unpaired) electrons. The van der Waals surface area contributed by atoms with Crippen LogP contribution in [0.15, 0.2) is 12.2 Å². The van der Waals surface area contributed by atoms with Gasteiger partial charge in [0.1, 0.15) is 0 Å². The third-order valence-electron chi connectivity index (χ3n) is 5.13. The maximum Gasteiger partial charge on any atom is 0.328 e. The Bertz CT molecular complexity index is 460. The Balaban J connectivity index is 1.63. The predicted molar refractivity (Wildman–Crippen MR) is 75.5 cm³/mol. The van der Waals surface area contributed by atoms with Crippen LogP contribution in [0.25, 0.3) is 0 Å². The molecule has 4 aliphatic carbocycles. The fourth-order valence-corrected chi connectivity index (χ4v) is 5.74. The minimum absolute atomic E-state index is 0.0499. The second kappa shape index (κ2) is 4.76. The molecule has 2 unspecified atom stereocenters. The van der Waals surface area contributed by atoms with Gasteiger partial charge in [-0.15, -0.1) is 11.6 Å². The molecule has 0 saturated heterocycles. The van der Waals surface area contributed by atoms with Crippen molar-refractivity contribution in [2.24, 2.45) is 17.3 Å². The summed E-state index contributed by atoms with van der Waals surface area (Å²) in [4.78, 5) is 22.0. The molecule has 0 aliphatic heterocycles. The van der Waals surface area contributed by atoms with E-state index in [1.807, 2.05) is 0 Å². The van der Waals surface area contributed by atoms with Crippen molar-refractivity contribution >= 4 is 23.5 Å². The van der Waals surface area contributed by atoms with E-state index in [0.717, 1.165) is 44.3 Å². The molecule has 4 nitrogen and oxygen atoms in total. The van der Waals surface area contributed by atoms with E-state index in [-0.39, 0.29) is 16.2 Å². The molecule has 1 amide bonds. The molecule has 2 N–H and O–H groups in total. The van der Waals surface area contributed by atoms with E-state index < -0.39 is 5.97 Å². The molecular formula is C15H20ClNO3. The Labute approximate surface area is 123 Å². The van der Waals surface area contributed by atoms with Crippen LogP contribution in [0.1, 0.15) is 38.5 Å². The topological polar surface area (TPSA) is 66.4 Å². The molecule has 20 heavy (non-hydrogen) atoms. The third kappa shape index (κ3) is 2.71. The Hall–Kier alpha value is -1.03. The second-order valence-electron chi connectivity index (χ2n) is 7.00. The summed E-state index contributed by atoms with van der Waals surface area (Å²) in [5.41, 5.74) is 0.137. The summed E-state index contributed by atoms with van der Waals surface area (Å²) < 4.78 is 0. The summed E-state index contributed by atoms with van der Waals surface area (Å²) in [6, 6.07) is 0. The number of amides is 1. The second-order valence-corrected chi connectivity index (χ2v) is 7.80. The summed E-state index contributed by atoms with van der Waals surface area (Å²) in [5.74, 6) is -0.0122. The van der Waals surface area contributed by atoms with Crippen LogP contribution < -0.4 is 5.32 Å². The van der Waals surface area contributed by atoms with Gasteiger partial charge < -0.3 is 10.4 Å². The maximum absolute atomic E-state index is 11.6. The number of hydrogen-bond donors (Lipinski definition) is 2. The van der Waals surface area contributed by atoms with Crippen LogP contribution in [0.3, 0.4) is 0 Å². The van der Waals surface area contributed by atoms with Crippen molar-refractivity contribution in [1.82, 2.24) is 5.32 Å². The SMILES string of the molecule is O=C(O)/C=C/C(=O)NCC12CC3CC(CC(Cl)(C3)C1)C2. The van der Waals surface area contributed by atoms with Crippen LogP contribution >= 0.6 is 11.6 Å². The van der Waals surface area contributed by atoms with E-state index in [9.17, 15) is 9.59 Å². The molecule has 110 valence electrons. The van der Waals surface area contributed by atoms with Crippen molar-refractivity contribution in [3.63, 3.8) is 0 Å². The summed E-state index contributed by atoms with van der Waals surface area (Å²) in [6.45, 7) is 0.622. The standard InChI is InChI=1S/C15H20ClNO3/c16-15-6-10-3-11(7-15)5-14(4-10,8-15)9-17-12(18)1-2-13(19)20/h1-2,10-11H,3-9H2,(H,17,18)(H,19,20)/b2-1+. The molecule has 0 aromatic heterocycles. The number of halogens is 1. The van der Waals surface area contributed by atoms with E-state index in [0.29, 0.717) is 18.4 Å². The normalized spacial score (nSPS) is 42.0. The van der Waals surface area contributed by atoms with Gasteiger partial charge in [0.25, 0.3) is 0 Å². The van der Waals surface area contributed by atoms with E-state index in [2.05, 4.69) is 5.32 Å². The monoisotopic (exact) mass is 297 g/mol. The number of hydrogen-bond acceptors (Lipinski definition) is 2. The van der Waals surface area contributed by atoms with Gasteiger partial charge in [-0.25, -0.2) is 4.79 Å². The lowest BCUT2D eigenvalue weighted by Gasteiger charge is -2.60. The quantitative estimate of drug-likeness (QED) is 0.618. The first kappa shape index (κ1) is 13.9. The molecule has 2 atom stereocenters. The molecule has 4 rings (SSSR count). The number of carbonyl (C=O) groups is 2. The Morgan fingerprint density at radius 1 is 1.20 bits per heavy atom. The Kier molecular flexibility index (Phi) is 3.32. The fraction of sp³-hybridized carbons (Fsp3) is 0.733. The summed E-state index contributed by atoms with van der Waals surface area (Å²) in [6.07, 6.45) is 8.79. The molecule has 4 aliphatic rings. The summed E-state index contributed by atoms with van der Waals surface area (Å²) >= 11 is 6.73. The van der Waals surface area contributed by atoms with Gasteiger partial charge in [0.2, 0.25) is 5.91 Å². The van der Waals surface area contributed by atoms with E-state index in [4.69, 9.17) is 16.7 Å². The van der Waals surface area contributed by atoms with Gasteiger partial charge in [0.15, 0.2) is 0 Å². The van der Waals surface area contributed by atoms with Crippen molar-refractivity contribution in [1.29, 1.82) is 0 Å². The lowest BCUT2D eigenvalue weighted by Crippen LogP contribution is -2.56.